The normalized spacial score (nSPS) is 10.3. The predicted molar refractivity (Wildman–Crippen MR) is 90.0 cm³/mol. The van der Waals surface area contributed by atoms with Crippen molar-refractivity contribution in [2.24, 2.45) is 0 Å². The number of hydrogen-bond acceptors (Lipinski definition) is 3. The summed E-state index contributed by atoms with van der Waals surface area (Å²) in [5.74, 6) is 0.403. The fourth-order valence-electron chi connectivity index (χ4n) is 2.30. The van der Waals surface area contributed by atoms with Crippen LogP contribution in [0.15, 0.2) is 66.7 Å². The maximum absolute atomic E-state index is 12.0. The molecule has 0 bridgehead atoms. The van der Waals surface area contributed by atoms with E-state index in [9.17, 15) is 9.59 Å². The van der Waals surface area contributed by atoms with Gasteiger partial charge in [-0.15, -0.1) is 0 Å². The Balaban J connectivity index is 1.73. The molecule has 23 heavy (non-hydrogen) atoms. The second-order valence-corrected chi connectivity index (χ2v) is 5.16. The molecule has 0 aliphatic rings. The first-order valence-electron chi connectivity index (χ1n) is 7.20. The first-order valence-corrected chi connectivity index (χ1v) is 7.20. The highest BCUT2D eigenvalue weighted by molar-refractivity contribution is 5.96. The zero-order valence-corrected chi connectivity index (χ0v) is 12.6. The molecule has 4 nitrogen and oxygen atoms in total. The Morgan fingerprint density at radius 1 is 0.870 bits per heavy atom. The number of ether oxygens (including phenoxy) is 1. The number of carbonyl (C=O) groups excluding carboxylic acids is 2. The van der Waals surface area contributed by atoms with E-state index in [2.05, 4.69) is 5.32 Å². The lowest BCUT2D eigenvalue weighted by Crippen LogP contribution is -2.16. The average Bonchev–Trinajstić information content (AvgIpc) is 2.55. The predicted octanol–water partition coefficient (Wildman–Crippen LogP) is 4.65. The lowest BCUT2D eigenvalue weighted by molar-refractivity contribution is 0.101. The van der Waals surface area contributed by atoms with Crippen LogP contribution in [0.5, 0.6) is 5.75 Å². The number of fused-ring (bicyclic) bond motifs is 1. The summed E-state index contributed by atoms with van der Waals surface area (Å²) < 4.78 is 5.29. The number of rotatable bonds is 3. The third kappa shape index (κ3) is 3.55. The summed E-state index contributed by atoms with van der Waals surface area (Å²) in [5.41, 5.74) is 1.05. The maximum atomic E-state index is 12.0. The Morgan fingerprint density at radius 3 is 2.43 bits per heavy atom. The van der Waals surface area contributed by atoms with Gasteiger partial charge in [0.2, 0.25) is 0 Å². The summed E-state index contributed by atoms with van der Waals surface area (Å²) in [7, 11) is 0. The number of amides is 1. The van der Waals surface area contributed by atoms with Gasteiger partial charge in [-0.2, -0.15) is 0 Å². The molecule has 3 aromatic rings. The van der Waals surface area contributed by atoms with Gasteiger partial charge in [-0.3, -0.25) is 10.1 Å². The first-order chi connectivity index (χ1) is 11.1. The number of benzene rings is 3. The minimum atomic E-state index is -0.596. The quantitative estimate of drug-likeness (QED) is 0.716. The second-order valence-electron chi connectivity index (χ2n) is 5.16. The topological polar surface area (TPSA) is 55.4 Å². The molecule has 0 atom stereocenters. The molecule has 0 aliphatic carbocycles. The summed E-state index contributed by atoms with van der Waals surface area (Å²) in [6.45, 7) is 1.48. The SMILES string of the molecule is CC(=O)c1cccc(NC(=O)Oc2ccc3ccccc3c2)c1. The minimum absolute atomic E-state index is 0.0588. The van der Waals surface area contributed by atoms with Crippen LogP contribution in [0.25, 0.3) is 10.8 Å². The number of ketones is 1. The zero-order valence-electron chi connectivity index (χ0n) is 12.6. The largest absolute Gasteiger partial charge is 0.417 e. The van der Waals surface area contributed by atoms with Crippen molar-refractivity contribution in [1.29, 1.82) is 0 Å². The van der Waals surface area contributed by atoms with E-state index in [1.165, 1.54) is 6.92 Å². The van der Waals surface area contributed by atoms with E-state index in [0.717, 1.165) is 10.8 Å². The van der Waals surface area contributed by atoms with Crippen molar-refractivity contribution in [3.63, 3.8) is 0 Å². The van der Waals surface area contributed by atoms with Gasteiger partial charge >= 0.3 is 6.09 Å². The summed E-state index contributed by atoms with van der Waals surface area (Å²) in [6.07, 6.45) is -0.596. The molecule has 0 aromatic heterocycles. The molecule has 3 rings (SSSR count). The van der Waals surface area contributed by atoms with Crippen LogP contribution in [0, 0.1) is 0 Å². The molecule has 1 N–H and O–H groups in total. The van der Waals surface area contributed by atoms with Crippen LogP contribution >= 0.6 is 0 Å². The molecule has 3 aromatic carbocycles. The molecular weight excluding hydrogens is 290 g/mol. The summed E-state index contributed by atoms with van der Waals surface area (Å²) in [4.78, 5) is 23.3. The number of carbonyl (C=O) groups is 2. The van der Waals surface area contributed by atoms with Crippen molar-refractivity contribution in [3.8, 4) is 5.75 Å². The number of hydrogen-bond donors (Lipinski definition) is 1. The Bertz CT molecular complexity index is 886. The zero-order chi connectivity index (χ0) is 16.2. The summed E-state index contributed by atoms with van der Waals surface area (Å²) in [6, 6.07) is 20.0. The maximum Gasteiger partial charge on any atom is 0.417 e. The van der Waals surface area contributed by atoms with Crippen LogP contribution in [-0.2, 0) is 0 Å². The third-order valence-corrected chi connectivity index (χ3v) is 3.45. The van der Waals surface area contributed by atoms with Crippen LogP contribution < -0.4 is 10.1 Å². The third-order valence-electron chi connectivity index (χ3n) is 3.45. The number of anilines is 1. The van der Waals surface area contributed by atoms with Gasteiger partial charge in [-0.25, -0.2) is 4.79 Å². The standard InChI is InChI=1S/C19H15NO3/c1-13(21)15-7-4-8-17(11-15)20-19(22)23-18-10-9-14-5-2-3-6-16(14)12-18/h2-12H,1H3,(H,20,22). The Hall–Kier alpha value is -3.14. The molecule has 0 spiro atoms. The van der Waals surface area contributed by atoms with Crippen LogP contribution in [0.2, 0.25) is 0 Å². The van der Waals surface area contributed by atoms with E-state index >= 15 is 0 Å². The summed E-state index contributed by atoms with van der Waals surface area (Å²) >= 11 is 0. The Kier molecular flexibility index (Phi) is 4.06. The van der Waals surface area contributed by atoms with Crippen LogP contribution in [0.1, 0.15) is 17.3 Å². The molecular formula is C19H15NO3. The lowest BCUT2D eigenvalue weighted by Gasteiger charge is -2.08. The molecule has 0 unspecified atom stereocenters. The van der Waals surface area contributed by atoms with Crippen molar-refractivity contribution >= 4 is 28.3 Å². The smallest absolute Gasteiger partial charge is 0.410 e. The molecule has 0 saturated carbocycles. The molecule has 0 saturated heterocycles. The van der Waals surface area contributed by atoms with Crippen molar-refractivity contribution in [3.05, 3.63) is 72.3 Å². The van der Waals surface area contributed by atoms with Gasteiger partial charge in [0.05, 0.1) is 0 Å². The van der Waals surface area contributed by atoms with Gasteiger partial charge in [-0.05, 0) is 42.0 Å². The highest BCUT2D eigenvalue weighted by atomic mass is 16.6. The lowest BCUT2D eigenvalue weighted by atomic mass is 10.1. The average molecular weight is 305 g/mol. The van der Waals surface area contributed by atoms with Crippen molar-refractivity contribution in [2.75, 3.05) is 5.32 Å². The van der Waals surface area contributed by atoms with Crippen LogP contribution in [0.4, 0.5) is 10.5 Å². The summed E-state index contributed by atoms with van der Waals surface area (Å²) in [5, 5.41) is 4.70. The molecule has 0 radical (unpaired) electrons. The van der Waals surface area contributed by atoms with Gasteiger partial charge in [-0.1, -0.05) is 42.5 Å². The minimum Gasteiger partial charge on any atom is -0.410 e. The monoisotopic (exact) mass is 305 g/mol. The fourth-order valence-corrected chi connectivity index (χ4v) is 2.30. The molecule has 1 amide bonds. The van der Waals surface area contributed by atoms with Crippen molar-refractivity contribution < 1.29 is 14.3 Å². The second kappa shape index (κ2) is 6.32. The van der Waals surface area contributed by atoms with Crippen LogP contribution in [0.3, 0.4) is 0 Å². The Morgan fingerprint density at radius 2 is 1.65 bits per heavy atom. The van der Waals surface area contributed by atoms with E-state index in [1.54, 1.807) is 36.4 Å². The molecule has 4 heteroatoms. The van der Waals surface area contributed by atoms with Crippen LogP contribution in [-0.4, -0.2) is 11.9 Å². The van der Waals surface area contributed by atoms with Crippen molar-refractivity contribution in [2.45, 2.75) is 6.92 Å². The van der Waals surface area contributed by atoms with E-state index in [4.69, 9.17) is 4.74 Å². The first kappa shape index (κ1) is 14.8. The van der Waals surface area contributed by atoms with E-state index in [1.807, 2.05) is 30.3 Å². The Labute approximate surface area is 133 Å². The highest BCUT2D eigenvalue weighted by Gasteiger charge is 2.07. The molecule has 0 heterocycles. The molecule has 114 valence electrons. The van der Waals surface area contributed by atoms with Gasteiger partial charge < -0.3 is 4.74 Å². The van der Waals surface area contributed by atoms with E-state index in [0.29, 0.717) is 17.0 Å². The number of Topliss-reactive ketones (excluding diaryl/α,β-unsaturated/α-hetero) is 1. The van der Waals surface area contributed by atoms with Gasteiger partial charge in [0, 0.05) is 11.3 Å². The highest BCUT2D eigenvalue weighted by Crippen LogP contribution is 2.21. The van der Waals surface area contributed by atoms with Gasteiger partial charge in [0.1, 0.15) is 5.75 Å². The van der Waals surface area contributed by atoms with E-state index in [-0.39, 0.29) is 5.78 Å². The van der Waals surface area contributed by atoms with Crippen molar-refractivity contribution in [1.82, 2.24) is 0 Å². The number of nitrogens with one attached hydrogen (secondary N) is 1. The van der Waals surface area contributed by atoms with Gasteiger partial charge in [0.25, 0.3) is 0 Å². The molecule has 0 aliphatic heterocycles. The fraction of sp³-hybridized carbons (Fsp3) is 0.0526. The molecule has 0 fully saturated rings. The van der Waals surface area contributed by atoms with E-state index < -0.39 is 6.09 Å². The van der Waals surface area contributed by atoms with Gasteiger partial charge in [0.15, 0.2) is 5.78 Å².